The largest absolute Gasteiger partial charge is 0.423 e. The minimum Gasteiger partial charge on any atom is -0.423 e. The Labute approximate surface area is 93.5 Å². The lowest BCUT2D eigenvalue weighted by molar-refractivity contribution is -0.128. The molecule has 2 rings (SSSR count). The SMILES string of the molecule is C=C=CC(=O)Oc1ccc2ccccc2c1. The minimum atomic E-state index is -0.467. The summed E-state index contributed by atoms with van der Waals surface area (Å²) in [7, 11) is 0. The molecule has 0 aliphatic carbocycles. The Balaban J connectivity index is 2.32. The molecule has 0 spiro atoms. The number of hydrogen-bond donors (Lipinski definition) is 0. The van der Waals surface area contributed by atoms with Gasteiger partial charge in [-0.05, 0) is 22.9 Å². The minimum absolute atomic E-state index is 0.467. The Morgan fingerprint density at radius 3 is 2.69 bits per heavy atom. The van der Waals surface area contributed by atoms with Crippen molar-refractivity contribution in [1.82, 2.24) is 0 Å². The summed E-state index contributed by atoms with van der Waals surface area (Å²) in [6.07, 6.45) is 1.16. The van der Waals surface area contributed by atoms with E-state index >= 15 is 0 Å². The van der Waals surface area contributed by atoms with Crippen LogP contribution in [0.5, 0.6) is 5.75 Å². The van der Waals surface area contributed by atoms with Crippen LogP contribution in [0.1, 0.15) is 0 Å². The maximum Gasteiger partial charge on any atom is 0.343 e. The van der Waals surface area contributed by atoms with Crippen molar-refractivity contribution < 1.29 is 9.53 Å². The number of esters is 1. The van der Waals surface area contributed by atoms with E-state index in [1.54, 1.807) is 6.07 Å². The molecule has 0 amide bonds. The summed E-state index contributed by atoms with van der Waals surface area (Å²) in [6, 6.07) is 13.4. The van der Waals surface area contributed by atoms with Crippen LogP contribution >= 0.6 is 0 Å². The van der Waals surface area contributed by atoms with Crippen LogP contribution in [0.4, 0.5) is 0 Å². The van der Waals surface area contributed by atoms with Crippen molar-refractivity contribution in [2.75, 3.05) is 0 Å². The molecule has 0 aliphatic heterocycles. The zero-order valence-corrected chi connectivity index (χ0v) is 8.64. The fourth-order valence-corrected chi connectivity index (χ4v) is 1.46. The molecule has 78 valence electrons. The van der Waals surface area contributed by atoms with E-state index in [4.69, 9.17) is 4.74 Å². The first-order valence-electron chi connectivity index (χ1n) is 4.86. The quantitative estimate of drug-likeness (QED) is 0.329. The summed E-state index contributed by atoms with van der Waals surface area (Å²) in [4.78, 5) is 11.2. The van der Waals surface area contributed by atoms with Gasteiger partial charge in [-0.25, -0.2) is 4.79 Å². The molecular weight excluding hydrogens is 200 g/mol. The average molecular weight is 210 g/mol. The Kier molecular flexibility index (Phi) is 2.86. The highest BCUT2D eigenvalue weighted by molar-refractivity contribution is 5.87. The molecule has 0 saturated carbocycles. The zero-order valence-electron chi connectivity index (χ0n) is 8.64. The van der Waals surface area contributed by atoms with E-state index in [9.17, 15) is 4.79 Å². The molecule has 0 unspecified atom stereocenters. The highest BCUT2D eigenvalue weighted by Crippen LogP contribution is 2.20. The molecule has 0 fully saturated rings. The standard InChI is InChI=1S/C14H10O2/c1-2-5-14(15)16-13-9-8-11-6-3-4-7-12(11)10-13/h3-10H,1H2. The Bertz CT molecular complexity index is 578. The van der Waals surface area contributed by atoms with Gasteiger partial charge in [-0.3, -0.25) is 0 Å². The lowest BCUT2D eigenvalue weighted by Gasteiger charge is -2.02. The van der Waals surface area contributed by atoms with Crippen LogP contribution in [0.3, 0.4) is 0 Å². The second-order valence-corrected chi connectivity index (χ2v) is 3.28. The number of carbonyl (C=O) groups excluding carboxylic acids is 1. The summed E-state index contributed by atoms with van der Waals surface area (Å²) >= 11 is 0. The molecule has 0 N–H and O–H groups in total. The first kappa shape index (κ1) is 10.2. The molecule has 2 aromatic rings. The fourth-order valence-electron chi connectivity index (χ4n) is 1.46. The van der Waals surface area contributed by atoms with E-state index in [2.05, 4.69) is 12.3 Å². The third-order valence-corrected chi connectivity index (χ3v) is 2.16. The first-order chi connectivity index (χ1) is 7.79. The molecule has 0 heterocycles. The number of benzene rings is 2. The van der Waals surface area contributed by atoms with Crippen LogP contribution in [0, 0.1) is 0 Å². The fraction of sp³-hybridized carbons (Fsp3) is 0. The van der Waals surface area contributed by atoms with E-state index in [-0.39, 0.29) is 0 Å². The van der Waals surface area contributed by atoms with Crippen molar-refractivity contribution in [3.8, 4) is 5.75 Å². The van der Waals surface area contributed by atoms with E-state index < -0.39 is 5.97 Å². The molecule has 0 bridgehead atoms. The summed E-state index contributed by atoms with van der Waals surface area (Å²) in [5.74, 6) is 0.0560. The van der Waals surface area contributed by atoms with Crippen molar-refractivity contribution in [3.05, 3.63) is 60.9 Å². The lowest BCUT2D eigenvalue weighted by Crippen LogP contribution is -2.02. The highest BCUT2D eigenvalue weighted by Gasteiger charge is 2.00. The predicted octanol–water partition coefficient (Wildman–Crippen LogP) is 3.09. The van der Waals surface area contributed by atoms with Crippen LogP contribution in [0.25, 0.3) is 10.8 Å². The maximum atomic E-state index is 11.2. The molecule has 0 atom stereocenters. The molecule has 0 saturated heterocycles. The second kappa shape index (κ2) is 4.47. The van der Waals surface area contributed by atoms with Gasteiger partial charge >= 0.3 is 5.97 Å². The van der Waals surface area contributed by atoms with Crippen LogP contribution in [0.2, 0.25) is 0 Å². The van der Waals surface area contributed by atoms with E-state index in [0.717, 1.165) is 16.8 Å². The third-order valence-electron chi connectivity index (χ3n) is 2.16. The van der Waals surface area contributed by atoms with Crippen molar-refractivity contribution >= 4 is 16.7 Å². The van der Waals surface area contributed by atoms with E-state index in [1.807, 2.05) is 36.4 Å². The Morgan fingerprint density at radius 2 is 1.94 bits per heavy atom. The molecule has 2 nitrogen and oxygen atoms in total. The van der Waals surface area contributed by atoms with Crippen molar-refractivity contribution in [2.24, 2.45) is 0 Å². The number of ether oxygens (including phenoxy) is 1. The van der Waals surface area contributed by atoms with Gasteiger partial charge in [0.05, 0.1) is 6.08 Å². The predicted molar refractivity (Wildman–Crippen MR) is 63.3 cm³/mol. The number of hydrogen-bond acceptors (Lipinski definition) is 2. The van der Waals surface area contributed by atoms with Crippen molar-refractivity contribution in [3.63, 3.8) is 0 Å². The van der Waals surface area contributed by atoms with Gasteiger partial charge in [0, 0.05) is 0 Å². The van der Waals surface area contributed by atoms with Crippen molar-refractivity contribution in [1.29, 1.82) is 0 Å². The summed E-state index contributed by atoms with van der Waals surface area (Å²) < 4.78 is 5.07. The third kappa shape index (κ3) is 2.19. The highest BCUT2D eigenvalue weighted by atomic mass is 16.5. The molecule has 2 aromatic carbocycles. The second-order valence-electron chi connectivity index (χ2n) is 3.28. The van der Waals surface area contributed by atoms with Crippen LogP contribution in [-0.2, 0) is 4.79 Å². The normalized spacial score (nSPS) is 9.50. The van der Waals surface area contributed by atoms with Gasteiger partial charge in [0.1, 0.15) is 5.75 Å². The molecule has 0 aliphatic rings. The van der Waals surface area contributed by atoms with E-state index in [0.29, 0.717) is 5.75 Å². The van der Waals surface area contributed by atoms with Gasteiger partial charge in [0.2, 0.25) is 0 Å². The van der Waals surface area contributed by atoms with Crippen LogP contribution in [-0.4, -0.2) is 5.97 Å². The van der Waals surface area contributed by atoms with Gasteiger partial charge in [-0.1, -0.05) is 36.9 Å². The Morgan fingerprint density at radius 1 is 1.19 bits per heavy atom. The monoisotopic (exact) mass is 210 g/mol. The van der Waals surface area contributed by atoms with E-state index in [1.165, 1.54) is 0 Å². The molecule has 0 aromatic heterocycles. The number of fused-ring (bicyclic) bond motifs is 1. The summed E-state index contributed by atoms with van der Waals surface area (Å²) in [5.41, 5.74) is 2.38. The van der Waals surface area contributed by atoms with Crippen LogP contribution in [0.15, 0.2) is 60.9 Å². The molecule has 2 heteroatoms. The van der Waals surface area contributed by atoms with Gasteiger partial charge in [-0.15, -0.1) is 5.73 Å². The maximum absolute atomic E-state index is 11.2. The van der Waals surface area contributed by atoms with Crippen LogP contribution < -0.4 is 4.74 Å². The zero-order chi connectivity index (χ0) is 11.4. The molecule has 0 radical (unpaired) electrons. The van der Waals surface area contributed by atoms with Gasteiger partial charge in [0.15, 0.2) is 0 Å². The lowest BCUT2D eigenvalue weighted by atomic mass is 10.1. The van der Waals surface area contributed by atoms with Gasteiger partial charge < -0.3 is 4.74 Å². The number of rotatable bonds is 2. The average Bonchev–Trinajstić information content (AvgIpc) is 2.29. The molecular formula is C14H10O2. The van der Waals surface area contributed by atoms with Gasteiger partial charge in [0.25, 0.3) is 0 Å². The summed E-state index contributed by atoms with van der Waals surface area (Å²) in [6.45, 7) is 3.31. The Hall–Kier alpha value is -2.31. The van der Waals surface area contributed by atoms with Crippen molar-refractivity contribution in [2.45, 2.75) is 0 Å². The smallest absolute Gasteiger partial charge is 0.343 e. The first-order valence-corrected chi connectivity index (χ1v) is 4.86. The topological polar surface area (TPSA) is 26.3 Å². The number of carbonyl (C=O) groups is 1. The summed E-state index contributed by atoms with van der Waals surface area (Å²) in [5, 5.41) is 2.15. The molecule has 16 heavy (non-hydrogen) atoms. The van der Waals surface area contributed by atoms with Gasteiger partial charge in [-0.2, -0.15) is 0 Å².